The summed E-state index contributed by atoms with van der Waals surface area (Å²) in [6.45, 7) is 0. The molecular weight excluding hydrogens is 454 g/mol. The van der Waals surface area contributed by atoms with Crippen molar-refractivity contribution in [3.63, 3.8) is 0 Å². The lowest BCUT2D eigenvalue weighted by atomic mass is 10.0. The predicted molar refractivity (Wildman–Crippen MR) is 151 cm³/mol. The van der Waals surface area contributed by atoms with Gasteiger partial charge in [0.25, 0.3) is 0 Å². The molecule has 0 unspecified atom stereocenters. The van der Waals surface area contributed by atoms with Crippen LogP contribution in [0, 0.1) is 0 Å². The zero-order valence-corrected chi connectivity index (χ0v) is 20.3. The molecular formula is C32H24N5+. The second-order valence-electron chi connectivity index (χ2n) is 9.32. The Morgan fingerprint density at radius 1 is 0.568 bits per heavy atom. The molecule has 0 spiro atoms. The van der Waals surface area contributed by atoms with Gasteiger partial charge in [0.1, 0.15) is 7.05 Å². The Kier molecular flexibility index (Phi) is 4.93. The van der Waals surface area contributed by atoms with E-state index >= 15 is 0 Å². The molecule has 8 bridgehead atoms. The smallest absolute Gasteiger partial charge is 0.169 e. The van der Waals surface area contributed by atoms with Crippen molar-refractivity contribution < 1.29 is 4.57 Å². The number of aromatic nitrogens is 5. The van der Waals surface area contributed by atoms with Gasteiger partial charge in [0, 0.05) is 45.3 Å². The Morgan fingerprint density at radius 2 is 1.11 bits per heavy atom. The topological polar surface area (TPSA) is 61.2 Å². The van der Waals surface area contributed by atoms with Gasteiger partial charge in [-0.2, -0.15) is 0 Å². The van der Waals surface area contributed by atoms with Gasteiger partial charge in [0.05, 0.1) is 22.8 Å². The maximum Gasteiger partial charge on any atom is 0.169 e. The van der Waals surface area contributed by atoms with E-state index in [2.05, 4.69) is 119 Å². The van der Waals surface area contributed by atoms with E-state index in [1.807, 2.05) is 17.7 Å². The van der Waals surface area contributed by atoms with E-state index in [4.69, 9.17) is 9.97 Å². The number of hydrogen-bond acceptors (Lipinski definition) is 2. The highest BCUT2D eigenvalue weighted by Crippen LogP contribution is 2.32. The van der Waals surface area contributed by atoms with E-state index in [-0.39, 0.29) is 0 Å². The minimum atomic E-state index is 0.899. The summed E-state index contributed by atoms with van der Waals surface area (Å²) in [5, 5.41) is 0. The van der Waals surface area contributed by atoms with Gasteiger partial charge in [-0.15, -0.1) is 0 Å². The average molecular weight is 479 g/mol. The van der Waals surface area contributed by atoms with Crippen LogP contribution in [-0.4, -0.2) is 19.9 Å². The molecule has 0 radical (unpaired) electrons. The molecule has 37 heavy (non-hydrogen) atoms. The molecule has 2 aliphatic rings. The van der Waals surface area contributed by atoms with E-state index in [1.54, 1.807) is 0 Å². The molecule has 5 nitrogen and oxygen atoms in total. The number of pyridine rings is 1. The first kappa shape index (κ1) is 21.3. The van der Waals surface area contributed by atoms with Crippen LogP contribution in [0.4, 0.5) is 0 Å². The second-order valence-corrected chi connectivity index (χ2v) is 9.32. The summed E-state index contributed by atoms with van der Waals surface area (Å²) >= 11 is 0. The molecule has 0 fully saturated rings. The summed E-state index contributed by atoms with van der Waals surface area (Å²) < 4.78 is 2.03. The van der Waals surface area contributed by atoms with Gasteiger partial charge in [0.2, 0.25) is 0 Å². The summed E-state index contributed by atoms with van der Waals surface area (Å²) in [7, 11) is 2.02. The van der Waals surface area contributed by atoms with Gasteiger partial charge >= 0.3 is 0 Å². The Hall–Kier alpha value is -5.03. The molecule has 1 aromatic carbocycles. The van der Waals surface area contributed by atoms with Crippen LogP contribution in [0.15, 0.2) is 91.3 Å². The van der Waals surface area contributed by atoms with Crippen LogP contribution >= 0.6 is 0 Å². The molecule has 176 valence electrons. The average Bonchev–Trinajstić information content (AvgIpc) is 3.72. The van der Waals surface area contributed by atoms with Gasteiger partial charge in [-0.3, -0.25) is 0 Å². The Labute approximate surface area is 214 Å². The number of rotatable bonds is 2. The molecule has 0 saturated carbocycles. The standard InChI is InChI=1S/C32H23N5/c1-37-17-15-22(16-18-37)32-29-13-9-25(35-29)19-23-7-11-27(33-23)31(21-5-3-2-4-6-21)28-12-8-24(34-28)20-26-10-14-30(32)36-26/h2-20H,1H3,(H,33,34,35,36)/p+1. The normalized spacial score (nSPS) is 12.2. The van der Waals surface area contributed by atoms with Gasteiger partial charge in [-0.25, -0.2) is 14.5 Å². The predicted octanol–water partition coefficient (Wildman–Crippen LogP) is 6.81. The van der Waals surface area contributed by atoms with E-state index in [0.29, 0.717) is 0 Å². The monoisotopic (exact) mass is 478 g/mol. The van der Waals surface area contributed by atoms with Gasteiger partial charge in [0.15, 0.2) is 12.4 Å². The van der Waals surface area contributed by atoms with E-state index in [0.717, 1.165) is 67.1 Å². The number of fused-ring (bicyclic) bond motifs is 8. The van der Waals surface area contributed by atoms with Crippen LogP contribution in [0.1, 0.15) is 22.8 Å². The van der Waals surface area contributed by atoms with Crippen molar-refractivity contribution >= 4 is 46.4 Å². The lowest BCUT2D eigenvalue weighted by Gasteiger charge is -2.03. The number of hydrogen-bond donors (Lipinski definition) is 2. The zero-order valence-electron chi connectivity index (χ0n) is 20.3. The molecule has 0 atom stereocenters. The number of aryl methyl sites for hydroxylation is 1. The van der Waals surface area contributed by atoms with E-state index in [1.165, 1.54) is 0 Å². The largest absolute Gasteiger partial charge is 0.355 e. The van der Waals surface area contributed by atoms with Crippen LogP contribution in [0.25, 0.3) is 68.6 Å². The fraction of sp³-hybridized carbons (Fsp3) is 0.0312. The Bertz CT molecular complexity index is 1780. The maximum atomic E-state index is 4.99. The number of H-pyrrole nitrogens is 2. The first-order valence-electron chi connectivity index (χ1n) is 12.3. The van der Waals surface area contributed by atoms with Crippen LogP contribution in [0.2, 0.25) is 0 Å². The molecule has 7 rings (SSSR count). The van der Waals surface area contributed by atoms with Crippen molar-refractivity contribution in [1.82, 2.24) is 19.9 Å². The van der Waals surface area contributed by atoms with Crippen LogP contribution in [-0.2, 0) is 7.05 Å². The lowest BCUT2D eigenvalue weighted by Crippen LogP contribution is -2.25. The molecule has 6 heterocycles. The lowest BCUT2D eigenvalue weighted by molar-refractivity contribution is -0.671. The van der Waals surface area contributed by atoms with Gasteiger partial charge < -0.3 is 9.97 Å². The van der Waals surface area contributed by atoms with Crippen molar-refractivity contribution in [3.8, 4) is 22.3 Å². The number of nitrogens with one attached hydrogen (secondary N) is 2. The van der Waals surface area contributed by atoms with Crippen LogP contribution < -0.4 is 4.57 Å². The molecule has 0 saturated heterocycles. The fourth-order valence-electron chi connectivity index (χ4n) is 4.95. The highest BCUT2D eigenvalue weighted by atomic mass is 14.9. The number of benzene rings is 1. The third-order valence-corrected chi connectivity index (χ3v) is 6.73. The number of nitrogens with zero attached hydrogens (tertiary/aromatic N) is 3. The quantitative estimate of drug-likeness (QED) is 0.268. The van der Waals surface area contributed by atoms with Crippen LogP contribution in [0.3, 0.4) is 0 Å². The third-order valence-electron chi connectivity index (χ3n) is 6.73. The molecule has 5 aromatic rings. The van der Waals surface area contributed by atoms with Crippen LogP contribution in [0.5, 0.6) is 0 Å². The SMILES string of the molecule is C[n+]1ccc(-c2c3nc(cc4ccc([nH]4)c(-c4ccccc4)c4ccc(cc5nc2C=C5)[nH]4)C=C3)cc1. The molecule has 5 heteroatoms. The summed E-state index contributed by atoms with van der Waals surface area (Å²) in [6, 6.07) is 27.3. The molecule has 0 aliphatic carbocycles. The van der Waals surface area contributed by atoms with Crippen molar-refractivity contribution in [2.24, 2.45) is 7.05 Å². The summed E-state index contributed by atoms with van der Waals surface area (Å²) in [5.74, 6) is 0. The summed E-state index contributed by atoms with van der Waals surface area (Å²) in [6.07, 6.45) is 12.4. The molecule has 2 aliphatic heterocycles. The minimum Gasteiger partial charge on any atom is -0.355 e. The third kappa shape index (κ3) is 3.96. The van der Waals surface area contributed by atoms with E-state index < -0.39 is 0 Å². The fourth-order valence-corrected chi connectivity index (χ4v) is 4.95. The maximum absolute atomic E-state index is 4.99. The zero-order chi connectivity index (χ0) is 24.8. The van der Waals surface area contributed by atoms with Crippen molar-refractivity contribution in [1.29, 1.82) is 0 Å². The Balaban J connectivity index is 1.57. The Morgan fingerprint density at radius 3 is 1.68 bits per heavy atom. The molecule has 0 amide bonds. The van der Waals surface area contributed by atoms with Gasteiger partial charge in [-0.1, -0.05) is 30.3 Å². The first-order valence-corrected chi connectivity index (χ1v) is 12.3. The van der Waals surface area contributed by atoms with Crippen molar-refractivity contribution in [2.45, 2.75) is 0 Å². The second kappa shape index (κ2) is 8.57. The first-order chi connectivity index (χ1) is 18.2. The summed E-state index contributed by atoms with van der Waals surface area (Å²) in [4.78, 5) is 17.2. The van der Waals surface area contributed by atoms with Crippen molar-refractivity contribution in [2.75, 3.05) is 0 Å². The minimum absolute atomic E-state index is 0.899. The summed E-state index contributed by atoms with van der Waals surface area (Å²) in [5.41, 5.74) is 12.1. The van der Waals surface area contributed by atoms with Gasteiger partial charge in [-0.05, 0) is 71.8 Å². The highest BCUT2D eigenvalue weighted by Gasteiger charge is 2.15. The molecule has 2 N–H and O–H groups in total. The highest BCUT2D eigenvalue weighted by molar-refractivity contribution is 5.94. The van der Waals surface area contributed by atoms with E-state index in [9.17, 15) is 0 Å². The van der Waals surface area contributed by atoms with Crippen molar-refractivity contribution in [3.05, 3.63) is 114 Å². The molecule has 4 aromatic heterocycles. The number of aromatic amines is 2.